The molecule has 62 valence electrons. The molecule has 0 atom stereocenters. The number of rotatable bonds is 0. The molecule has 0 bridgehead atoms. The summed E-state index contributed by atoms with van der Waals surface area (Å²) >= 11 is 0. The maximum Gasteiger partial charge on any atom is 0.130 e. The van der Waals surface area contributed by atoms with Crippen LogP contribution < -0.4 is 16.2 Å². The van der Waals surface area contributed by atoms with E-state index in [1.165, 1.54) is 0 Å². The lowest BCUT2D eigenvalue weighted by Gasteiger charge is -2.18. The fraction of sp³-hybridized carbons (Fsp3) is 0.111. The first kappa shape index (κ1) is 7.03. The second-order valence-electron chi connectivity index (χ2n) is 2.72. The Morgan fingerprint density at radius 3 is 2.75 bits per heavy atom. The molecular formula is C9H10N2O. The van der Waals surface area contributed by atoms with E-state index in [4.69, 9.17) is 16.2 Å². The summed E-state index contributed by atoms with van der Waals surface area (Å²) in [5.41, 5.74) is 13.5. The third kappa shape index (κ3) is 0.906. The van der Waals surface area contributed by atoms with E-state index in [1.54, 1.807) is 0 Å². The van der Waals surface area contributed by atoms with Gasteiger partial charge in [0.25, 0.3) is 0 Å². The largest absolute Gasteiger partial charge is 0.487 e. The van der Waals surface area contributed by atoms with Gasteiger partial charge in [0.2, 0.25) is 0 Å². The SMILES string of the molecule is NC1=C(N)c2ccccc2OC1. The summed E-state index contributed by atoms with van der Waals surface area (Å²) in [6.07, 6.45) is 0. The molecule has 4 N–H and O–H groups in total. The molecule has 0 fully saturated rings. The Morgan fingerprint density at radius 2 is 1.92 bits per heavy atom. The average Bonchev–Trinajstić information content (AvgIpc) is 2.12. The Kier molecular flexibility index (Phi) is 1.43. The molecule has 0 aliphatic carbocycles. The Balaban J connectivity index is 2.59. The van der Waals surface area contributed by atoms with Gasteiger partial charge in [-0.05, 0) is 12.1 Å². The second kappa shape index (κ2) is 2.44. The molecule has 0 amide bonds. The van der Waals surface area contributed by atoms with Gasteiger partial charge in [0.1, 0.15) is 12.4 Å². The van der Waals surface area contributed by atoms with Gasteiger partial charge >= 0.3 is 0 Å². The topological polar surface area (TPSA) is 61.3 Å². The van der Waals surface area contributed by atoms with E-state index >= 15 is 0 Å². The summed E-state index contributed by atoms with van der Waals surface area (Å²) in [5, 5.41) is 0. The van der Waals surface area contributed by atoms with E-state index in [-0.39, 0.29) is 0 Å². The first-order valence-electron chi connectivity index (χ1n) is 3.75. The minimum absolute atomic E-state index is 0.392. The van der Waals surface area contributed by atoms with E-state index in [2.05, 4.69) is 0 Å². The van der Waals surface area contributed by atoms with E-state index in [0.717, 1.165) is 11.3 Å². The van der Waals surface area contributed by atoms with Gasteiger partial charge in [-0.15, -0.1) is 0 Å². The van der Waals surface area contributed by atoms with Crippen LogP contribution in [0.15, 0.2) is 30.0 Å². The van der Waals surface area contributed by atoms with Crippen molar-refractivity contribution in [2.45, 2.75) is 0 Å². The van der Waals surface area contributed by atoms with Crippen molar-refractivity contribution < 1.29 is 4.74 Å². The van der Waals surface area contributed by atoms with Crippen LogP contribution in [0.2, 0.25) is 0 Å². The smallest absolute Gasteiger partial charge is 0.130 e. The minimum atomic E-state index is 0.392. The van der Waals surface area contributed by atoms with Gasteiger partial charge in [0, 0.05) is 5.56 Å². The highest BCUT2D eigenvalue weighted by Crippen LogP contribution is 2.27. The van der Waals surface area contributed by atoms with Crippen LogP contribution in [0.3, 0.4) is 0 Å². The fourth-order valence-electron chi connectivity index (χ4n) is 1.22. The third-order valence-electron chi connectivity index (χ3n) is 1.91. The molecule has 12 heavy (non-hydrogen) atoms. The van der Waals surface area contributed by atoms with Crippen molar-refractivity contribution in [1.29, 1.82) is 0 Å². The number of ether oxygens (including phenoxy) is 1. The van der Waals surface area contributed by atoms with E-state index < -0.39 is 0 Å². The Labute approximate surface area is 70.6 Å². The van der Waals surface area contributed by atoms with Gasteiger partial charge in [-0.2, -0.15) is 0 Å². The summed E-state index contributed by atoms with van der Waals surface area (Å²) in [7, 11) is 0. The Hall–Kier alpha value is -1.64. The third-order valence-corrected chi connectivity index (χ3v) is 1.91. The zero-order valence-electron chi connectivity index (χ0n) is 6.58. The number of para-hydroxylation sites is 1. The number of benzene rings is 1. The molecular weight excluding hydrogens is 152 g/mol. The van der Waals surface area contributed by atoms with Crippen LogP contribution >= 0.6 is 0 Å². The van der Waals surface area contributed by atoms with Crippen molar-refractivity contribution >= 4 is 5.70 Å². The van der Waals surface area contributed by atoms with E-state index in [9.17, 15) is 0 Å². The lowest BCUT2D eigenvalue weighted by atomic mass is 10.1. The highest BCUT2D eigenvalue weighted by atomic mass is 16.5. The molecule has 0 radical (unpaired) electrons. The Bertz CT molecular complexity index is 344. The summed E-state index contributed by atoms with van der Waals surface area (Å²) in [6.45, 7) is 0.392. The van der Waals surface area contributed by atoms with Crippen LogP contribution in [-0.4, -0.2) is 6.61 Å². The van der Waals surface area contributed by atoms with E-state index in [1.807, 2.05) is 24.3 Å². The molecule has 0 aromatic heterocycles. The molecule has 0 saturated carbocycles. The number of hydrogen-bond acceptors (Lipinski definition) is 3. The molecule has 1 aliphatic rings. The van der Waals surface area contributed by atoms with Crippen LogP contribution in [0.5, 0.6) is 5.75 Å². The first-order valence-corrected chi connectivity index (χ1v) is 3.75. The lowest BCUT2D eigenvalue weighted by molar-refractivity contribution is 0.344. The average molecular weight is 162 g/mol. The van der Waals surface area contributed by atoms with Crippen LogP contribution in [0, 0.1) is 0 Å². The predicted octanol–water partition coefficient (Wildman–Crippen LogP) is 0.665. The van der Waals surface area contributed by atoms with Gasteiger partial charge in [-0.25, -0.2) is 0 Å². The van der Waals surface area contributed by atoms with Crippen molar-refractivity contribution in [3.63, 3.8) is 0 Å². The Morgan fingerprint density at radius 1 is 1.17 bits per heavy atom. The molecule has 0 saturated heterocycles. The van der Waals surface area contributed by atoms with Crippen LogP contribution in [-0.2, 0) is 0 Å². The summed E-state index contributed by atoms with van der Waals surface area (Å²) in [4.78, 5) is 0. The quantitative estimate of drug-likeness (QED) is 0.589. The monoisotopic (exact) mass is 162 g/mol. The molecule has 0 spiro atoms. The molecule has 1 aromatic rings. The van der Waals surface area contributed by atoms with Crippen LogP contribution in [0.4, 0.5) is 0 Å². The van der Waals surface area contributed by atoms with Crippen LogP contribution in [0.1, 0.15) is 5.56 Å². The lowest BCUT2D eigenvalue weighted by Crippen LogP contribution is -2.20. The van der Waals surface area contributed by atoms with Gasteiger partial charge in [0.05, 0.1) is 11.4 Å². The molecule has 1 aliphatic heterocycles. The highest BCUT2D eigenvalue weighted by molar-refractivity contribution is 5.71. The van der Waals surface area contributed by atoms with Crippen molar-refractivity contribution in [3.05, 3.63) is 35.5 Å². The molecule has 3 heteroatoms. The zero-order chi connectivity index (χ0) is 8.55. The maximum absolute atomic E-state index is 5.76. The van der Waals surface area contributed by atoms with Gasteiger partial charge in [0.15, 0.2) is 0 Å². The van der Waals surface area contributed by atoms with E-state index in [0.29, 0.717) is 18.0 Å². The summed E-state index contributed by atoms with van der Waals surface area (Å²) in [5.74, 6) is 0.809. The highest BCUT2D eigenvalue weighted by Gasteiger charge is 2.14. The number of hydrogen-bond donors (Lipinski definition) is 2. The standard InChI is InChI=1S/C9H10N2O/c10-7-5-12-8-4-2-1-3-6(8)9(7)11/h1-4H,5,10-11H2. The molecule has 1 heterocycles. The second-order valence-corrected chi connectivity index (χ2v) is 2.72. The minimum Gasteiger partial charge on any atom is -0.487 e. The van der Waals surface area contributed by atoms with Crippen LogP contribution in [0.25, 0.3) is 5.70 Å². The normalized spacial score (nSPS) is 15.3. The van der Waals surface area contributed by atoms with Gasteiger partial charge in [-0.3, -0.25) is 0 Å². The van der Waals surface area contributed by atoms with Crippen molar-refractivity contribution in [3.8, 4) is 5.75 Å². The number of nitrogens with two attached hydrogens (primary N) is 2. The van der Waals surface area contributed by atoms with Crippen molar-refractivity contribution in [2.24, 2.45) is 11.5 Å². The van der Waals surface area contributed by atoms with Gasteiger partial charge < -0.3 is 16.2 Å². The maximum atomic E-state index is 5.76. The fourth-order valence-corrected chi connectivity index (χ4v) is 1.22. The molecule has 1 aromatic carbocycles. The summed E-state index contributed by atoms with van der Waals surface area (Å²) < 4.78 is 5.34. The van der Waals surface area contributed by atoms with Gasteiger partial charge in [-0.1, -0.05) is 12.1 Å². The predicted molar refractivity (Wildman–Crippen MR) is 47.2 cm³/mol. The summed E-state index contributed by atoms with van der Waals surface area (Å²) in [6, 6.07) is 7.60. The number of fused-ring (bicyclic) bond motifs is 1. The molecule has 0 unspecified atom stereocenters. The first-order chi connectivity index (χ1) is 5.79. The van der Waals surface area contributed by atoms with Crippen molar-refractivity contribution in [2.75, 3.05) is 6.61 Å². The molecule has 2 rings (SSSR count). The zero-order valence-corrected chi connectivity index (χ0v) is 6.58. The van der Waals surface area contributed by atoms with Crippen molar-refractivity contribution in [1.82, 2.24) is 0 Å². The molecule has 3 nitrogen and oxygen atoms in total.